The van der Waals surface area contributed by atoms with E-state index < -0.39 is 0 Å². The standard InChI is InChI=1S/C18H22N4O2/c1-13(2)18(24)21-10-4-8-16(21)17(23)20-14-6-3-7-15(12-14)22-11-5-9-19-22/h3,5-7,9,11-13,16H,4,8,10H2,1-2H3,(H,20,23). The number of hydrogen-bond acceptors (Lipinski definition) is 3. The highest BCUT2D eigenvalue weighted by Gasteiger charge is 2.34. The van der Waals surface area contributed by atoms with Crippen LogP contribution in [0.5, 0.6) is 0 Å². The van der Waals surface area contributed by atoms with Gasteiger partial charge in [-0.05, 0) is 37.1 Å². The number of aromatic nitrogens is 2. The molecule has 2 amide bonds. The SMILES string of the molecule is CC(C)C(=O)N1CCCC1C(=O)Nc1cccc(-n2cccn2)c1. The summed E-state index contributed by atoms with van der Waals surface area (Å²) in [6.07, 6.45) is 5.13. The molecule has 1 fully saturated rings. The van der Waals surface area contributed by atoms with E-state index in [1.54, 1.807) is 15.8 Å². The molecule has 0 saturated carbocycles. The Morgan fingerprint density at radius 3 is 2.83 bits per heavy atom. The van der Waals surface area contributed by atoms with Crippen molar-refractivity contribution in [1.29, 1.82) is 0 Å². The Labute approximate surface area is 141 Å². The molecule has 1 atom stereocenters. The van der Waals surface area contributed by atoms with Gasteiger partial charge in [0.1, 0.15) is 6.04 Å². The van der Waals surface area contributed by atoms with Crippen LogP contribution in [0.25, 0.3) is 5.69 Å². The highest BCUT2D eigenvalue weighted by Crippen LogP contribution is 2.22. The van der Waals surface area contributed by atoms with Crippen molar-refractivity contribution in [2.45, 2.75) is 32.7 Å². The molecule has 126 valence electrons. The van der Waals surface area contributed by atoms with Crippen molar-refractivity contribution in [3.63, 3.8) is 0 Å². The zero-order valence-corrected chi connectivity index (χ0v) is 14.0. The Bertz CT molecular complexity index is 724. The molecule has 2 aromatic rings. The van der Waals surface area contributed by atoms with Gasteiger partial charge >= 0.3 is 0 Å². The summed E-state index contributed by atoms with van der Waals surface area (Å²) in [6.45, 7) is 4.38. The summed E-state index contributed by atoms with van der Waals surface area (Å²) in [7, 11) is 0. The van der Waals surface area contributed by atoms with E-state index in [2.05, 4.69) is 10.4 Å². The lowest BCUT2D eigenvalue weighted by molar-refractivity contribution is -0.139. The van der Waals surface area contributed by atoms with Gasteiger partial charge in [0.2, 0.25) is 11.8 Å². The Kier molecular flexibility index (Phi) is 4.64. The lowest BCUT2D eigenvalue weighted by atomic mass is 10.1. The number of nitrogens with one attached hydrogen (secondary N) is 1. The molecule has 6 nitrogen and oxygen atoms in total. The third kappa shape index (κ3) is 3.32. The van der Waals surface area contributed by atoms with Gasteiger partial charge in [0, 0.05) is 30.5 Å². The van der Waals surface area contributed by atoms with E-state index in [0.29, 0.717) is 18.7 Å². The first kappa shape index (κ1) is 16.2. The fourth-order valence-electron chi connectivity index (χ4n) is 3.01. The van der Waals surface area contributed by atoms with Crippen LogP contribution in [-0.4, -0.2) is 39.1 Å². The van der Waals surface area contributed by atoms with Crippen LogP contribution in [0.2, 0.25) is 0 Å². The number of benzene rings is 1. The van der Waals surface area contributed by atoms with Gasteiger partial charge in [-0.25, -0.2) is 4.68 Å². The second kappa shape index (κ2) is 6.86. The highest BCUT2D eigenvalue weighted by atomic mass is 16.2. The lowest BCUT2D eigenvalue weighted by Crippen LogP contribution is -2.44. The third-order valence-electron chi connectivity index (χ3n) is 4.22. The molecule has 0 aliphatic carbocycles. The number of likely N-dealkylation sites (tertiary alicyclic amines) is 1. The van der Waals surface area contributed by atoms with E-state index in [1.165, 1.54) is 0 Å². The third-order valence-corrected chi connectivity index (χ3v) is 4.22. The van der Waals surface area contributed by atoms with Gasteiger partial charge in [0.15, 0.2) is 0 Å². The maximum absolute atomic E-state index is 12.6. The number of anilines is 1. The zero-order chi connectivity index (χ0) is 17.1. The average molecular weight is 326 g/mol. The van der Waals surface area contributed by atoms with Crippen molar-refractivity contribution in [2.75, 3.05) is 11.9 Å². The minimum atomic E-state index is -0.381. The van der Waals surface area contributed by atoms with Crippen molar-refractivity contribution >= 4 is 17.5 Å². The second-order valence-corrected chi connectivity index (χ2v) is 6.33. The van der Waals surface area contributed by atoms with Crippen molar-refractivity contribution in [3.8, 4) is 5.69 Å². The molecule has 3 rings (SSSR count). The molecular weight excluding hydrogens is 304 g/mol. The second-order valence-electron chi connectivity index (χ2n) is 6.33. The lowest BCUT2D eigenvalue weighted by Gasteiger charge is -2.25. The van der Waals surface area contributed by atoms with Crippen LogP contribution < -0.4 is 5.32 Å². The number of rotatable bonds is 4. The molecule has 1 saturated heterocycles. The van der Waals surface area contributed by atoms with Crippen LogP contribution in [0.3, 0.4) is 0 Å². The zero-order valence-electron chi connectivity index (χ0n) is 14.0. The van der Waals surface area contributed by atoms with Gasteiger partial charge in [-0.15, -0.1) is 0 Å². The maximum atomic E-state index is 12.6. The van der Waals surface area contributed by atoms with Crippen LogP contribution >= 0.6 is 0 Å². The first-order chi connectivity index (χ1) is 11.6. The predicted molar refractivity (Wildman–Crippen MR) is 91.8 cm³/mol. The van der Waals surface area contributed by atoms with E-state index in [4.69, 9.17) is 0 Å². The molecule has 24 heavy (non-hydrogen) atoms. The summed E-state index contributed by atoms with van der Waals surface area (Å²) < 4.78 is 1.74. The molecule has 2 heterocycles. The molecule has 0 radical (unpaired) electrons. The fraction of sp³-hybridized carbons (Fsp3) is 0.389. The Morgan fingerprint density at radius 2 is 2.12 bits per heavy atom. The average Bonchev–Trinajstić information content (AvgIpc) is 3.25. The van der Waals surface area contributed by atoms with Crippen LogP contribution in [0, 0.1) is 5.92 Å². The van der Waals surface area contributed by atoms with Crippen LogP contribution in [0.15, 0.2) is 42.7 Å². The molecule has 1 N–H and O–H groups in total. The summed E-state index contributed by atoms with van der Waals surface area (Å²) in [5.41, 5.74) is 1.58. The van der Waals surface area contributed by atoms with Crippen LogP contribution in [0.4, 0.5) is 5.69 Å². The molecule has 1 aromatic carbocycles. The van der Waals surface area contributed by atoms with Gasteiger partial charge in [-0.2, -0.15) is 5.10 Å². The first-order valence-corrected chi connectivity index (χ1v) is 8.27. The Balaban J connectivity index is 1.73. The summed E-state index contributed by atoms with van der Waals surface area (Å²) in [5.74, 6) is -0.182. The smallest absolute Gasteiger partial charge is 0.247 e. The minimum Gasteiger partial charge on any atom is -0.330 e. The monoisotopic (exact) mass is 326 g/mol. The molecule has 1 aliphatic heterocycles. The highest BCUT2D eigenvalue weighted by molar-refractivity contribution is 5.97. The topological polar surface area (TPSA) is 67.2 Å². The number of carbonyl (C=O) groups excluding carboxylic acids is 2. The van der Waals surface area contributed by atoms with Gasteiger partial charge in [0.25, 0.3) is 0 Å². The number of carbonyl (C=O) groups is 2. The van der Waals surface area contributed by atoms with Gasteiger partial charge in [-0.3, -0.25) is 9.59 Å². The van der Waals surface area contributed by atoms with E-state index >= 15 is 0 Å². The molecule has 0 spiro atoms. The largest absolute Gasteiger partial charge is 0.330 e. The molecular formula is C18H22N4O2. The summed E-state index contributed by atoms with van der Waals surface area (Å²) in [4.78, 5) is 26.6. The van der Waals surface area contributed by atoms with Crippen molar-refractivity contribution in [3.05, 3.63) is 42.7 Å². The summed E-state index contributed by atoms with van der Waals surface area (Å²) in [5, 5.41) is 7.13. The fourth-order valence-corrected chi connectivity index (χ4v) is 3.01. The predicted octanol–water partition coefficient (Wildman–Crippen LogP) is 2.46. The van der Waals surface area contributed by atoms with E-state index in [0.717, 1.165) is 12.1 Å². The number of nitrogens with zero attached hydrogens (tertiary/aromatic N) is 3. The number of hydrogen-bond donors (Lipinski definition) is 1. The van der Waals surface area contributed by atoms with Crippen molar-refractivity contribution in [1.82, 2.24) is 14.7 Å². The Morgan fingerprint density at radius 1 is 1.29 bits per heavy atom. The van der Waals surface area contributed by atoms with E-state index in [9.17, 15) is 9.59 Å². The summed E-state index contributed by atoms with van der Waals surface area (Å²) in [6, 6.07) is 8.97. The van der Waals surface area contributed by atoms with Crippen LogP contribution in [-0.2, 0) is 9.59 Å². The molecule has 1 aromatic heterocycles. The maximum Gasteiger partial charge on any atom is 0.247 e. The van der Waals surface area contributed by atoms with Crippen molar-refractivity contribution < 1.29 is 9.59 Å². The molecule has 1 unspecified atom stereocenters. The van der Waals surface area contributed by atoms with Gasteiger partial charge in [-0.1, -0.05) is 19.9 Å². The van der Waals surface area contributed by atoms with Gasteiger partial charge < -0.3 is 10.2 Å². The Hall–Kier alpha value is -2.63. The normalized spacial score (nSPS) is 17.3. The van der Waals surface area contributed by atoms with E-state index in [-0.39, 0.29) is 23.8 Å². The molecule has 1 aliphatic rings. The van der Waals surface area contributed by atoms with E-state index in [1.807, 2.05) is 50.4 Å². The summed E-state index contributed by atoms with van der Waals surface area (Å²) >= 11 is 0. The van der Waals surface area contributed by atoms with Crippen LogP contribution in [0.1, 0.15) is 26.7 Å². The minimum absolute atomic E-state index is 0.0398. The molecule has 0 bridgehead atoms. The first-order valence-electron chi connectivity index (χ1n) is 8.27. The molecule has 6 heteroatoms. The quantitative estimate of drug-likeness (QED) is 0.938. The van der Waals surface area contributed by atoms with Crippen molar-refractivity contribution in [2.24, 2.45) is 5.92 Å². The number of amides is 2. The van der Waals surface area contributed by atoms with Gasteiger partial charge in [0.05, 0.1) is 5.69 Å².